The highest BCUT2D eigenvalue weighted by Gasteiger charge is 1.60. The summed E-state index contributed by atoms with van der Waals surface area (Å²) in [6, 6.07) is -0.833. The Morgan fingerprint density at radius 3 is 1.44 bits per heavy atom. The van der Waals surface area contributed by atoms with Crippen LogP contribution in [0.1, 0.15) is 0 Å². The Morgan fingerprint density at radius 1 is 1.44 bits per heavy atom. The zero-order chi connectivity index (χ0) is 6.28. The van der Waals surface area contributed by atoms with Crippen molar-refractivity contribution in [1.29, 1.82) is 0 Å². The number of urea groups is 1. The Morgan fingerprint density at radius 2 is 1.44 bits per heavy atom. The van der Waals surface area contributed by atoms with Crippen molar-refractivity contribution in [3.63, 3.8) is 0 Å². The fraction of sp³-hybridized carbons (Fsp3) is 0. The molecule has 0 aliphatic rings. The molecule has 0 aromatic rings. The minimum Gasteiger partial charge on any atom is -0.516 e. The van der Waals surface area contributed by atoms with E-state index in [1.165, 1.54) is 0 Å². The van der Waals surface area contributed by atoms with Gasteiger partial charge in [-0.25, -0.2) is 4.79 Å². The first-order chi connectivity index (χ1) is 3.15. The predicted molar refractivity (Wildman–Crippen MR) is 33.8 cm³/mol. The van der Waals surface area contributed by atoms with Crippen LogP contribution < -0.4 is 11.5 Å². The third-order valence-corrected chi connectivity index (χ3v) is 0. The number of amides is 2. The molecule has 2 amide bonds. The first kappa shape index (κ1) is 25.2. The average molecular weight is 140 g/mol. The highest BCUT2D eigenvalue weighted by Crippen LogP contribution is 1.26. The third-order valence-electron chi connectivity index (χ3n) is 0. The van der Waals surface area contributed by atoms with E-state index < -0.39 is 6.03 Å². The number of hydrogen-bond acceptors (Lipinski definition) is 2. The maximum atomic E-state index is 9.00. The molecule has 0 atom stereocenters. The summed E-state index contributed by atoms with van der Waals surface area (Å²) in [6.07, 6.45) is 0.750. The van der Waals surface area contributed by atoms with E-state index in [2.05, 4.69) is 18.0 Å². The van der Waals surface area contributed by atoms with Crippen LogP contribution in [-0.4, -0.2) is 22.1 Å². The second-order valence-electron chi connectivity index (χ2n) is 0.585. The van der Waals surface area contributed by atoms with Gasteiger partial charge < -0.3 is 27.5 Å². The van der Waals surface area contributed by atoms with Gasteiger partial charge in [-0.05, 0) is 0 Å². The monoisotopic (exact) mass is 140 g/mol. The van der Waals surface area contributed by atoms with E-state index in [1.807, 2.05) is 0 Å². The van der Waals surface area contributed by atoms with Crippen molar-refractivity contribution >= 4 is 6.03 Å². The molecule has 9 heavy (non-hydrogen) atoms. The van der Waals surface area contributed by atoms with Crippen molar-refractivity contribution in [3.8, 4) is 0 Å². The number of carbonyl (C=O) groups is 1. The highest BCUT2D eigenvalue weighted by molar-refractivity contribution is 5.69. The van der Waals surface area contributed by atoms with Crippen molar-refractivity contribution < 1.29 is 20.9 Å². The summed E-state index contributed by atoms with van der Waals surface area (Å²) >= 11 is 0. The lowest BCUT2D eigenvalue weighted by atomic mass is 11.2. The van der Waals surface area contributed by atoms with Crippen LogP contribution in [0.4, 0.5) is 4.79 Å². The quantitative estimate of drug-likeness (QED) is 0.335. The number of hydrogen-bond donors (Lipinski definition) is 3. The van der Waals surface area contributed by atoms with Crippen molar-refractivity contribution in [1.82, 2.24) is 0 Å². The summed E-state index contributed by atoms with van der Waals surface area (Å²) in [4.78, 5) is 9.00. The van der Waals surface area contributed by atoms with Crippen LogP contribution in [0, 0.1) is 0 Å². The Hall–Kier alpha value is -1.27. The maximum absolute atomic E-state index is 9.00. The Balaban J connectivity index is -0.0000000233. The number of nitrogens with two attached hydrogens (primary N) is 2. The lowest BCUT2D eigenvalue weighted by Gasteiger charge is -1.62. The molecular formula is C3H12N2O4. The van der Waals surface area contributed by atoms with Gasteiger partial charge in [0.1, 0.15) is 0 Å². The largest absolute Gasteiger partial charge is 0.516 e. The second-order valence-corrected chi connectivity index (χ2v) is 0.585. The first-order valence-electron chi connectivity index (χ1n) is 1.45. The maximum Gasteiger partial charge on any atom is 0.309 e. The van der Waals surface area contributed by atoms with Crippen LogP contribution in [0.15, 0.2) is 12.8 Å². The fourth-order valence-electron chi connectivity index (χ4n) is 0. The minimum absolute atomic E-state index is 0. The number of rotatable bonds is 0. The minimum atomic E-state index is -0.833. The fourth-order valence-corrected chi connectivity index (χ4v) is 0. The molecule has 58 valence electrons. The topological polar surface area (TPSA) is 152 Å². The molecule has 0 unspecified atom stereocenters. The molecule has 0 aromatic heterocycles. The van der Waals surface area contributed by atoms with E-state index in [4.69, 9.17) is 9.90 Å². The van der Waals surface area contributed by atoms with Crippen LogP contribution >= 0.6 is 0 Å². The lowest BCUT2D eigenvalue weighted by Crippen LogP contribution is -2.18. The van der Waals surface area contributed by atoms with Gasteiger partial charge in [-0.15, -0.1) is 0 Å². The van der Waals surface area contributed by atoms with Crippen LogP contribution in [0.3, 0.4) is 0 Å². The van der Waals surface area contributed by atoms with Crippen molar-refractivity contribution in [2.45, 2.75) is 0 Å². The molecule has 0 aromatic carbocycles. The van der Waals surface area contributed by atoms with Crippen LogP contribution in [0.25, 0.3) is 0 Å². The molecule has 6 nitrogen and oxygen atoms in total. The molecule has 0 saturated carbocycles. The average Bonchev–Trinajstić information content (AvgIpc) is 1.33. The Bertz CT molecular complexity index is 60.8. The van der Waals surface area contributed by atoms with E-state index in [0.29, 0.717) is 0 Å². The number of aliphatic hydroxyl groups is 1. The molecule has 0 heterocycles. The van der Waals surface area contributed by atoms with Gasteiger partial charge in [0, 0.05) is 0 Å². The van der Waals surface area contributed by atoms with Crippen LogP contribution in [0.5, 0.6) is 0 Å². The standard InChI is InChI=1S/C2H4O.CH4N2O.2H2O/c1-2-3;2-1(3)4;;/h2-3H,1H2;(H4,2,3,4);2*1H2. The molecular weight excluding hydrogens is 128 g/mol. The Labute approximate surface area is 52.4 Å². The summed E-state index contributed by atoms with van der Waals surface area (Å²) in [7, 11) is 0. The molecule has 0 rings (SSSR count). The molecule has 0 radical (unpaired) electrons. The zero-order valence-corrected chi connectivity index (χ0v) is 4.79. The summed E-state index contributed by atoms with van der Waals surface area (Å²) in [5, 5.41) is 7.33. The first-order valence-corrected chi connectivity index (χ1v) is 1.45. The molecule has 0 aliphatic carbocycles. The number of carbonyl (C=O) groups excluding carboxylic acids is 1. The van der Waals surface area contributed by atoms with Gasteiger partial charge in [-0.2, -0.15) is 0 Å². The van der Waals surface area contributed by atoms with E-state index in [9.17, 15) is 0 Å². The van der Waals surface area contributed by atoms with Gasteiger partial charge in [-0.3, -0.25) is 0 Å². The molecule has 0 bridgehead atoms. The summed E-state index contributed by atoms with van der Waals surface area (Å²) in [6.45, 7) is 2.92. The van der Waals surface area contributed by atoms with Gasteiger partial charge in [0.05, 0.1) is 6.26 Å². The summed E-state index contributed by atoms with van der Waals surface area (Å²) in [5.41, 5.74) is 8.50. The predicted octanol–water partition coefficient (Wildman–Crippen LogP) is -1.94. The smallest absolute Gasteiger partial charge is 0.309 e. The van der Waals surface area contributed by atoms with E-state index in [0.717, 1.165) is 6.26 Å². The number of primary amides is 2. The van der Waals surface area contributed by atoms with E-state index in [-0.39, 0.29) is 11.0 Å². The number of aliphatic hydroxyl groups excluding tert-OH is 1. The van der Waals surface area contributed by atoms with Crippen molar-refractivity contribution in [2.24, 2.45) is 11.5 Å². The molecule has 9 N–H and O–H groups in total. The lowest BCUT2D eigenvalue weighted by molar-refractivity contribution is 0.256. The summed E-state index contributed by atoms with van der Waals surface area (Å²) in [5.74, 6) is 0. The van der Waals surface area contributed by atoms with Crippen LogP contribution in [-0.2, 0) is 0 Å². The molecule has 0 spiro atoms. The van der Waals surface area contributed by atoms with E-state index in [1.54, 1.807) is 0 Å². The van der Waals surface area contributed by atoms with Crippen LogP contribution in [0.2, 0.25) is 0 Å². The van der Waals surface area contributed by atoms with Gasteiger partial charge in [0.25, 0.3) is 0 Å². The SMILES string of the molecule is C=CO.NC(N)=O.O.O. The molecule has 0 saturated heterocycles. The van der Waals surface area contributed by atoms with Gasteiger partial charge in [-0.1, -0.05) is 6.58 Å². The van der Waals surface area contributed by atoms with E-state index >= 15 is 0 Å². The normalized spacial score (nSPS) is 4.00. The van der Waals surface area contributed by atoms with Gasteiger partial charge in [0.2, 0.25) is 0 Å². The second kappa shape index (κ2) is 29.6. The molecule has 6 heteroatoms. The zero-order valence-electron chi connectivity index (χ0n) is 4.79. The highest BCUT2D eigenvalue weighted by atomic mass is 16.2. The van der Waals surface area contributed by atoms with Crippen molar-refractivity contribution in [2.75, 3.05) is 0 Å². The van der Waals surface area contributed by atoms with Crippen molar-refractivity contribution in [3.05, 3.63) is 12.8 Å². The molecule has 0 fully saturated rings. The molecule has 0 aliphatic heterocycles. The third kappa shape index (κ3) is 93.4. The Kier molecular flexibility index (Phi) is 82.9. The van der Waals surface area contributed by atoms with Gasteiger partial charge in [0.15, 0.2) is 0 Å². The van der Waals surface area contributed by atoms with Gasteiger partial charge >= 0.3 is 6.03 Å². The summed E-state index contributed by atoms with van der Waals surface area (Å²) < 4.78 is 0.